The average molecular weight is 999 g/mol. The maximum atomic E-state index is 3.79. The molecule has 0 amide bonds. The van der Waals surface area contributed by atoms with Crippen LogP contribution < -0.4 is 0 Å². The van der Waals surface area contributed by atoms with Crippen molar-refractivity contribution in [2.75, 3.05) is 0 Å². The van der Waals surface area contributed by atoms with Gasteiger partial charge in [0.05, 0.1) is 0 Å². The molecule has 0 aliphatic rings. The van der Waals surface area contributed by atoms with Crippen molar-refractivity contribution in [1.29, 1.82) is 0 Å². The van der Waals surface area contributed by atoms with E-state index in [1.165, 1.54) is 5.56 Å². The van der Waals surface area contributed by atoms with Crippen LogP contribution in [0.2, 0.25) is 0 Å². The molecule has 142 valence electrons. The molecule has 0 aliphatic carbocycles. The Bertz CT molecular complexity index is 867. The Kier molecular flexibility index (Phi) is 10.0. The second kappa shape index (κ2) is 10.2. The Hall–Kier alpha value is 3.24. The van der Waals surface area contributed by atoms with Gasteiger partial charge in [-0.1, -0.05) is 61.1 Å². The molecule has 2 aromatic carbocycles. The predicted octanol–water partition coefficient (Wildman–Crippen LogP) is 11.9. The van der Waals surface area contributed by atoms with E-state index in [0.29, 0.717) is 0 Å². The molecule has 0 spiro atoms. The molecule has 0 aliphatic heterocycles. The lowest BCUT2D eigenvalue weighted by Gasteiger charge is -2.26. The summed E-state index contributed by atoms with van der Waals surface area (Å²) < 4.78 is 6.24. The Morgan fingerprint density at radius 2 is 1.27 bits per heavy atom. The summed E-state index contributed by atoms with van der Waals surface area (Å²) >= 11 is 37.1. The molecule has 0 atom stereocenters. The third kappa shape index (κ3) is 5.17. The molecule has 0 saturated heterocycles. The molecule has 2 aromatic rings. The first-order chi connectivity index (χ1) is 11.9. The fourth-order valence-electron chi connectivity index (χ4n) is 2.51. The number of benzene rings is 2. The lowest BCUT2D eigenvalue weighted by Crippen LogP contribution is -2.08. The second-order valence-electron chi connectivity index (χ2n) is 5.27. The zero-order valence-electron chi connectivity index (χ0n) is 12.8. The maximum absolute atomic E-state index is 3.79. The summed E-state index contributed by atoms with van der Waals surface area (Å²) in [4.78, 5) is 0. The van der Waals surface area contributed by atoms with E-state index in [0.717, 1.165) is 60.8 Å². The van der Waals surface area contributed by atoms with Gasteiger partial charge in [-0.15, -0.1) is 0 Å². The van der Waals surface area contributed by atoms with Crippen LogP contribution in [-0.4, -0.2) is 0 Å². The molecule has 0 nitrogen and oxygen atoms in total. The van der Waals surface area contributed by atoms with E-state index < -0.39 is 2.14 Å². The van der Waals surface area contributed by atoms with E-state index in [4.69, 9.17) is 0 Å². The molecule has 0 heterocycles. The van der Waals surface area contributed by atoms with Crippen molar-refractivity contribution in [2.24, 2.45) is 0 Å². The molecule has 0 saturated carbocycles. The second-order valence-corrected chi connectivity index (χ2v) is 17.6. The fourth-order valence-corrected chi connectivity index (χ4v) is 8.70. The van der Waals surface area contributed by atoms with Crippen molar-refractivity contribution in [3.8, 4) is 11.1 Å². The molecule has 0 bridgehead atoms. The lowest BCUT2D eigenvalue weighted by atomic mass is 9.92. The van der Waals surface area contributed by atoms with Gasteiger partial charge in [0.25, 0.3) is 0 Å². The third-order valence-corrected chi connectivity index (χ3v) is 13.0. The van der Waals surface area contributed by atoms with Gasteiger partial charge in [0, 0.05) is 36.9 Å². The summed E-state index contributed by atoms with van der Waals surface area (Å²) in [6.45, 7) is 2.18. The van der Waals surface area contributed by atoms with Crippen LogP contribution in [0.1, 0.15) is 24.5 Å². The van der Waals surface area contributed by atoms with E-state index in [-0.39, 0.29) is 0 Å². The predicted molar refractivity (Wildman–Crippen MR) is 148 cm³/mol. The van der Waals surface area contributed by atoms with Crippen LogP contribution in [0.25, 0.3) is 11.1 Å². The Balaban J connectivity index is 3.10. The molecule has 0 radical (unpaired) electrons. The number of halogens is 10. The highest BCUT2D eigenvalue weighted by atomic mass is 80.0. The van der Waals surface area contributed by atoms with Crippen LogP contribution in [-0.2, 0) is 8.56 Å². The van der Waals surface area contributed by atoms with Crippen LogP contribution >= 0.6 is 159 Å². The highest BCUT2D eigenvalue weighted by Gasteiger charge is 2.33. The Morgan fingerprint density at radius 3 is 1.77 bits per heavy atom. The molecule has 0 fully saturated rings. The van der Waals surface area contributed by atoms with Crippen molar-refractivity contribution in [2.45, 2.75) is 21.9 Å². The van der Waals surface area contributed by atoms with Crippen LogP contribution in [0, 0.1) is 0 Å². The van der Waals surface area contributed by atoms with Gasteiger partial charge in [-0.25, -0.2) is 0 Å². The van der Waals surface area contributed by atoms with Gasteiger partial charge < -0.3 is 0 Å². The van der Waals surface area contributed by atoms with Gasteiger partial charge in [0.15, 0.2) is 2.14 Å². The average Bonchev–Trinajstić information content (AvgIpc) is 2.55. The summed E-state index contributed by atoms with van der Waals surface area (Å²) in [7, 11) is 0. The number of alkyl halides is 3. The van der Waals surface area contributed by atoms with Crippen LogP contribution in [0.15, 0.2) is 37.4 Å². The number of rotatable bonds is 3. The van der Waals surface area contributed by atoms with Gasteiger partial charge in [0.1, 0.15) is 0 Å². The fraction of sp³-hybridized carbons (Fsp3) is 0.250. The first kappa shape index (κ1) is 25.5. The van der Waals surface area contributed by atoms with Crippen LogP contribution in [0.3, 0.4) is 0 Å². The zero-order valence-corrected chi connectivity index (χ0v) is 28.6. The number of hydrogen-bond donors (Lipinski definition) is 0. The Labute approximate surface area is 237 Å². The van der Waals surface area contributed by atoms with E-state index in [1.807, 2.05) is 0 Å². The van der Waals surface area contributed by atoms with Gasteiger partial charge in [-0.3, -0.25) is 0 Å². The first-order valence-electron chi connectivity index (χ1n) is 7.03. The van der Waals surface area contributed by atoms with Gasteiger partial charge in [-0.2, -0.15) is 0 Å². The monoisotopic (exact) mass is 989 g/mol. The van der Waals surface area contributed by atoms with Crippen LogP contribution in [0.5, 0.6) is 0 Å². The third-order valence-electron chi connectivity index (χ3n) is 3.58. The minimum absolute atomic E-state index is 0.599. The minimum atomic E-state index is -0.599. The van der Waals surface area contributed by atoms with Crippen molar-refractivity contribution < 1.29 is 0 Å². The first-order valence-corrected chi connectivity index (χ1v) is 15.0. The van der Waals surface area contributed by atoms with E-state index in [2.05, 4.69) is 172 Å². The van der Waals surface area contributed by atoms with E-state index >= 15 is 0 Å². The summed E-state index contributed by atoms with van der Waals surface area (Å²) in [5.41, 5.74) is 4.46. The van der Waals surface area contributed by atoms with Gasteiger partial charge >= 0.3 is 0 Å². The normalized spacial score (nSPS) is 12.0. The largest absolute Gasteiger partial charge is 0.161 e. The SMILES string of the molecule is CCCc1c(Br)c(Br)c(Br)c(C(Br)(Br)Br)c1-c1cc(Br)c(Br)c(Br)c1Br. The standard InChI is InChI=1S/C16H8Br10/c1-2-3-5-8(6-4-7(17)12(20)14(22)11(6)19)9(16(24,25)26)13(21)15(23)10(5)18/h4H,2-3H2,1H3. The summed E-state index contributed by atoms with van der Waals surface area (Å²) in [5.74, 6) is 0. The minimum Gasteiger partial charge on any atom is -0.0651 e. The van der Waals surface area contributed by atoms with Crippen molar-refractivity contribution in [3.63, 3.8) is 0 Å². The van der Waals surface area contributed by atoms with Crippen molar-refractivity contribution in [3.05, 3.63) is 48.5 Å². The molecule has 0 unspecified atom stereocenters. The zero-order chi connectivity index (χ0) is 20.0. The molecule has 10 heteroatoms. The molecule has 0 aromatic heterocycles. The van der Waals surface area contributed by atoms with Crippen LogP contribution in [0.4, 0.5) is 0 Å². The lowest BCUT2D eigenvalue weighted by molar-refractivity contribution is 0.914. The topological polar surface area (TPSA) is 0 Å². The molecular weight excluding hydrogens is 991 g/mol. The summed E-state index contributed by atoms with van der Waals surface area (Å²) in [6, 6.07) is 2.11. The smallest absolute Gasteiger partial charge is 0.0651 e. The van der Waals surface area contributed by atoms with Gasteiger partial charge in [-0.05, 0) is 141 Å². The summed E-state index contributed by atoms with van der Waals surface area (Å²) in [6.07, 6.45) is 1.95. The molecule has 0 N–H and O–H groups in total. The number of hydrogen-bond acceptors (Lipinski definition) is 0. The van der Waals surface area contributed by atoms with Crippen molar-refractivity contribution in [1.82, 2.24) is 0 Å². The van der Waals surface area contributed by atoms with Crippen molar-refractivity contribution >= 4 is 159 Å². The highest BCUT2D eigenvalue weighted by molar-refractivity contribution is 9.38. The van der Waals surface area contributed by atoms with Gasteiger partial charge in [0.2, 0.25) is 0 Å². The molecule has 2 rings (SSSR count). The van der Waals surface area contributed by atoms with E-state index in [1.54, 1.807) is 0 Å². The molecular formula is C16H8Br10. The highest BCUT2D eigenvalue weighted by Crippen LogP contribution is 2.57. The Morgan fingerprint density at radius 1 is 0.731 bits per heavy atom. The maximum Gasteiger partial charge on any atom is 0.161 e. The quantitative estimate of drug-likeness (QED) is 0.163. The molecule has 26 heavy (non-hydrogen) atoms. The summed E-state index contributed by atoms with van der Waals surface area (Å²) in [5, 5.41) is 0. The van der Waals surface area contributed by atoms with E-state index in [9.17, 15) is 0 Å².